The number of rotatable bonds is 4. The summed E-state index contributed by atoms with van der Waals surface area (Å²) >= 11 is 0. The molecule has 1 aromatic heterocycles. The third-order valence-electron chi connectivity index (χ3n) is 5.74. The highest BCUT2D eigenvalue weighted by molar-refractivity contribution is 5.85. The molecule has 1 amide bonds. The normalized spacial score (nSPS) is 22.7. The lowest BCUT2D eigenvalue weighted by atomic mass is 9.78. The van der Waals surface area contributed by atoms with Gasteiger partial charge in [-0.15, -0.1) is 0 Å². The summed E-state index contributed by atoms with van der Waals surface area (Å²) in [5.74, 6) is 1.81. The SMILES string of the molecule is Cc1cc(N2CCC3(CCCN(CCO)C3=O)C2)nc(-c2ccccc2)n1. The van der Waals surface area contributed by atoms with E-state index in [9.17, 15) is 9.90 Å². The summed E-state index contributed by atoms with van der Waals surface area (Å²) in [6.07, 6.45) is 2.76. The predicted octanol–water partition coefficient (Wildman–Crippen LogP) is 2.26. The first kappa shape index (κ1) is 17.9. The second-order valence-electron chi connectivity index (χ2n) is 7.63. The number of carbonyl (C=O) groups is 1. The van der Waals surface area contributed by atoms with Crippen LogP contribution in [0.5, 0.6) is 0 Å². The number of hydrogen-bond acceptors (Lipinski definition) is 5. The van der Waals surface area contributed by atoms with E-state index in [1.807, 2.05) is 48.2 Å². The predicted molar refractivity (Wildman–Crippen MR) is 104 cm³/mol. The van der Waals surface area contributed by atoms with E-state index in [0.29, 0.717) is 13.1 Å². The van der Waals surface area contributed by atoms with Crippen LogP contribution in [0.1, 0.15) is 25.0 Å². The van der Waals surface area contributed by atoms with Crippen LogP contribution < -0.4 is 4.90 Å². The third kappa shape index (κ3) is 3.41. The summed E-state index contributed by atoms with van der Waals surface area (Å²) in [5, 5.41) is 9.25. The minimum absolute atomic E-state index is 0.0249. The number of aliphatic hydroxyl groups excluding tert-OH is 1. The molecule has 2 aliphatic heterocycles. The summed E-state index contributed by atoms with van der Waals surface area (Å²) < 4.78 is 0. The highest BCUT2D eigenvalue weighted by Gasteiger charge is 2.48. The molecule has 6 heteroatoms. The number of hydrogen-bond donors (Lipinski definition) is 1. The number of aliphatic hydroxyl groups is 1. The number of amides is 1. The van der Waals surface area contributed by atoms with Crippen molar-refractivity contribution in [1.82, 2.24) is 14.9 Å². The lowest BCUT2D eigenvalue weighted by Crippen LogP contribution is -2.50. The van der Waals surface area contributed by atoms with Gasteiger partial charge in [-0.3, -0.25) is 4.79 Å². The molecule has 2 saturated heterocycles. The van der Waals surface area contributed by atoms with E-state index in [-0.39, 0.29) is 17.9 Å². The van der Waals surface area contributed by atoms with Crippen LogP contribution in [0.3, 0.4) is 0 Å². The maximum absolute atomic E-state index is 13.0. The Balaban J connectivity index is 1.59. The van der Waals surface area contributed by atoms with Crippen LogP contribution in [0.25, 0.3) is 11.4 Å². The lowest BCUT2D eigenvalue weighted by Gasteiger charge is -2.39. The zero-order chi connectivity index (χ0) is 18.9. The molecule has 0 radical (unpaired) electrons. The molecule has 1 N–H and O–H groups in total. The van der Waals surface area contributed by atoms with Gasteiger partial charge >= 0.3 is 0 Å². The molecule has 2 aromatic rings. The van der Waals surface area contributed by atoms with Crippen molar-refractivity contribution in [2.75, 3.05) is 37.7 Å². The van der Waals surface area contributed by atoms with Gasteiger partial charge in [-0.2, -0.15) is 0 Å². The van der Waals surface area contributed by atoms with Crippen molar-refractivity contribution in [3.8, 4) is 11.4 Å². The summed E-state index contributed by atoms with van der Waals surface area (Å²) in [7, 11) is 0. The van der Waals surface area contributed by atoms with Gasteiger partial charge in [0.1, 0.15) is 5.82 Å². The first-order chi connectivity index (χ1) is 13.1. The zero-order valence-electron chi connectivity index (χ0n) is 15.8. The van der Waals surface area contributed by atoms with E-state index in [1.165, 1.54) is 0 Å². The topological polar surface area (TPSA) is 69.6 Å². The maximum Gasteiger partial charge on any atom is 0.230 e. The van der Waals surface area contributed by atoms with Crippen molar-refractivity contribution >= 4 is 11.7 Å². The summed E-state index contributed by atoms with van der Waals surface area (Å²) in [6.45, 7) is 4.72. The van der Waals surface area contributed by atoms with Gasteiger partial charge in [0.15, 0.2) is 5.82 Å². The first-order valence-corrected chi connectivity index (χ1v) is 9.68. The Kier molecular flexibility index (Phi) is 4.83. The fourth-order valence-corrected chi connectivity index (χ4v) is 4.36. The van der Waals surface area contributed by atoms with Gasteiger partial charge in [0.05, 0.1) is 12.0 Å². The molecule has 2 aliphatic rings. The molecule has 0 bridgehead atoms. The average molecular weight is 366 g/mol. The molecule has 0 aliphatic carbocycles. The van der Waals surface area contributed by atoms with Gasteiger partial charge < -0.3 is 14.9 Å². The number of anilines is 1. The smallest absolute Gasteiger partial charge is 0.230 e. The number of likely N-dealkylation sites (tertiary alicyclic amines) is 1. The molecule has 6 nitrogen and oxygen atoms in total. The highest BCUT2D eigenvalue weighted by Crippen LogP contribution is 2.41. The molecule has 27 heavy (non-hydrogen) atoms. The first-order valence-electron chi connectivity index (χ1n) is 9.68. The minimum atomic E-state index is -0.334. The van der Waals surface area contributed by atoms with Crippen molar-refractivity contribution < 1.29 is 9.90 Å². The van der Waals surface area contributed by atoms with Crippen LogP contribution in [0.4, 0.5) is 5.82 Å². The Hall–Kier alpha value is -2.47. The Labute approximate surface area is 159 Å². The van der Waals surface area contributed by atoms with Crippen LogP contribution >= 0.6 is 0 Å². The second-order valence-corrected chi connectivity index (χ2v) is 7.63. The number of piperidine rings is 1. The monoisotopic (exact) mass is 366 g/mol. The molecular formula is C21H26N4O2. The third-order valence-corrected chi connectivity index (χ3v) is 5.74. The van der Waals surface area contributed by atoms with Crippen LogP contribution in [0.2, 0.25) is 0 Å². The zero-order valence-corrected chi connectivity index (χ0v) is 15.8. The number of nitrogens with zero attached hydrogens (tertiary/aromatic N) is 4. The Morgan fingerprint density at radius 3 is 2.74 bits per heavy atom. The molecule has 1 atom stereocenters. The van der Waals surface area contributed by atoms with Crippen molar-refractivity contribution in [3.05, 3.63) is 42.1 Å². The quantitative estimate of drug-likeness (QED) is 0.899. The van der Waals surface area contributed by atoms with Crippen LogP contribution in [-0.4, -0.2) is 58.7 Å². The Morgan fingerprint density at radius 2 is 1.96 bits per heavy atom. The number of β-amino-alcohol motifs (C(OH)–C–C–N with tert-alkyl or cyclic N) is 1. The molecule has 1 aromatic carbocycles. The second kappa shape index (κ2) is 7.27. The summed E-state index contributed by atoms with van der Waals surface area (Å²) in [5.41, 5.74) is 1.59. The van der Waals surface area contributed by atoms with Gasteiger partial charge in [0.25, 0.3) is 0 Å². The van der Waals surface area contributed by atoms with Gasteiger partial charge in [-0.05, 0) is 26.2 Å². The van der Waals surface area contributed by atoms with E-state index in [4.69, 9.17) is 4.98 Å². The minimum Gasteiger partial charge on any atom is -0.395 e. The van der Waals surface area contributed by atoms with E-state index < -0.39 is 0 Å². The van der Waals surface area contributed by atoms with E-state index >= 15 is 0 Å². The maximum atomic E-state index is 13.0. The van der Waals surface area contributed by atoms with E-state index in [2.05, 4.69) is 9.88 Å². The Morgan fingerprint density at radius 1 is 1.15 bits per heavy atom. The average Bonchev–Trinajstić information content (AvgIpc) is 3.11. The van der Waals surface area contributed by atoms with Crippen molar-refractivity contribution in [1.29, 1.82) is 0 Å². The van der Waals surface area contributed by atoms with Crippen molar-refractivity contribution in [2.45, 2.75) is 26.2 Å². The van der Waals surface area contributed by atoms with Crippen LogP contribution in [0.15, 0.2) is 36.4 Å². The largest absolute Gasteiger partial charge is 0.395 e. The number of aromatic nitrogens is 2. The number of carbonyl (C=O) groups excluding carboxylic acids is 1. The molecule has 1 spiro atoms. The molecule has 1 unspecified atom stereocenters. The fourth-order valence-electron chi connectivity index (χ4n) is 4.36. The van der Waals surface area contributed by atoms with Crippen LogP contribution in [0, 0.1) is 12.3 Å². The summed E-state index contributed by atoms with van der Waals surface area (Å²) in [6, 6.07) is 12.0. The number of benzene rings is 1. The Bertz CT molecular complexity index is 824. The molecule has 2 fully saturated rings. The van der Waals surface area contributed by atoms with Crippen molar-refractivity contribution in [3.63, 3.8) is 0 Å². The van der Waals surface area contributed by atoms with E-state index in [0.717, 1.165) is 55.3 Å². The van der Waals surface area contributed by atoms with Crippen LogP contribution in [-0.2, 0) is 4.79 Å². The molecule has 4 rings (SSSR count). The van der Waals surface area contributed by atoms with Gasteiger partial charge in [-0.1, -0.05) is 30.3 Å². The fraction of sp³-hybridized carbons (Fsp3) is 0.476. The molecule has 0 saturated carbocycles. The number of aryl methyl sites for hydroxylation is 1. The summed E-state index contributed by atoms with van der Waals surface area (Å²) in [4.78, 5) is 26.5. The van der Waals surface area contributed by atoms with Gasteiger partial charge in [0, 0.05) is 43.5 Å². The molecule has 3 heterocycles. The standard InChI is InChI=1S/C21H26N4O2/c1-16-14-18(23-19(22-16)17-6-3-2-4-7-17)25-11-9-21(15-25)8-5-10-24(12-13-26)20(21)27/h2-4,6-7,14,26H,5,8-13,15H2,1H3. The van der Waals surface area contributed by atoms with Crippen molar-refractivity contribution in [2.24, 2.45) is 5.41 Å². The molecule has 142 valence electrons. The molecular weight excluding hydrogens is 340 g/mol. The van der Waals surface area contributed by atoms with Gasteiger partial charge in [-0.25, -0.2) is 9.97 Å². The van der Waals surface area contributed by atoms with E-state index in [1.54, 1.807) is 0 Å². The lowest BCUT2D eigenvalue weighted by molar-refractivity contribution is -0.145. The highest BCUT2D eigenvalue weighted by atomic mass is 16.3. The van der Waals surface area contributed by atoms with Gasteiger partial charge in [0.2, 0.25) is 5.91 Å².